The molecule has 1 aliphatic rings. The summed E-state index contributed by atoms with van der Waals surface area (Å²) in [5, 5.41) is 9.83. The van der Waals surface area contributed by atoms with Crippen LogP contribution in [0.25, 0.3) is 0 Å². The Morgan fingerprint density at radius 1 is 1.41 bits per heavy atom. The number of rotatable bonds is 3. The van der Waals surface area contributed by atoms with E-state index in [1.165, 1.54) is 7.11 Å². The van der Waals surface area contributed by atoms with Crippen LogP contribution in [0, 0.1) is 0 Å². The van der Waals surface area contributed by atoms with Gasteiger partial charge in [0.2, 0.25) is 0 Å². The third-order valence-corrected chi connectivity index (χ3v) is 2.54. The summed E-state index contributed by atoms with van der Waals surface area (Å²) in [6.45, 7) is 1.01. The molecule has 0 aromatic heterocycles. The lowest BCUT2D eigenvalue weighted by Crippen LogP contribution is -2.16. The molecule has 0 spiro atoms. The molecule has 1 atom stereocenters. The lowest BCUT2D eigenvalue weighted by molar-refractivity contribution is -0.142. The van der Waals surface area contributed by atoms with Gasteiger partial charge in [0, 0.05) is 0 Å². The zero-order valence-electron chi connectivity index (χ0n) is 9.51. The molecule has 17 heavy (non-hydrogen) atoms. The van der Waals surface area contributed by atoms with Crippen molar-refractivity contribution in [3.63, 3.8) is 0 Å². The van der Waals surface area contributed by atoms with E-state index in [-0.39, 0.29) is 6.42 Å². The van der Waals surface area contributed by atoms with Gasteiger partial charge < -0.3 is 19.3 Å². The topological polar surface area (TPSA) is 65.0 Å². The van der Waals surface area contributed by atoms with Crippen LogP contribution in [0.15, 0.2) is 18.2 Å². The minimum Gasteiger partial charge on any atom is -0.486 e. The third kappa shape index (κ3) is 2.68. The fourth-order valence-corrected chi connectivity index (χ4v) is 1.63. The van der Waals surface area contributed by atoms with Crippen molar-refractivity contribution in [1.29, 1.82) is 0 Å². The first-order valence-electron chi connectivity index (χ1n) is 5.35. The molecular formula is C12H14O5. The molecule has 0 unspecified atom stereocenters. The van der Waals surface area contributed by atoms with Crippen molar-refractivity contribution in [2.45, 2.75) is 12.5 Å². The van der Waals surface area contributed by atoms with E-state index >= 15 is 0 Å². The highest BCUT2D eigenvalue weighted by Crippen LogP contribution is 2.33. The molecule has 2 rings (SSSR count). The summed E-state index contributed by atoms with van der Waals surface area (Å²) < 4.78 is 15.3. The highest BCUT2D eigenvalue weighted by molar-refractivity contribution is 5.70. The summed E-state index contributed by atoms with van der Waals surface area (Å²) in [7, 11) is 1.29. The number of fused-ring (bicyclic) bond motifs is 1. The van der Waals surface area contributed by atoms with Gasteiger partial charge in [0.05, 0.1) is 19.6 Å². The standard InChI is InChI=1S/C12H14O5/c1-15-12(14)7-9(13)8-2-3-10-11(6-8)17-5-4-16-10/h2-3,6,9,13H,4-5,7H2,1H3/t9-/m1/s1. The van der Waals surface area contributed by atoms with Gasteiger partial charge >= 0.3 is 5.97 Å². The van der Waals surface area contributed by atoms with Crippen molar-refractivity contribution < 1.29 is 24.1 Å². The van der Waals surface area contributed by atoms with Crippen molar-refractivity contribution in [2.24, 2.45) is 0 Å². The van der Waals surface area contributed by atoms with Crippen LogP contribution >= 0.6 is 0 Å². The van der Waals surface area contributed by atoms with Crippen molar-refractivity contribution in [3.05, 3.63) is 23.8 Å². The van der Waals surface area contributed by atoms with Gasteiger partial charge in [0.25, 0.3) is 0 Å². The van der Waals surface area contributed by atoms with Crippen LogP contribution in [0.4, 0.5) is 0 Å². The molecule has 1 aromatic carbocycles. The number of methoxy groups -OCH3 is 1. The lowest BCUT2D eigenvalue weighted by Gasteiger charge is -2.20. The monoisotopic (exact) mass is 238 g/mol. The normalized spacial score (nSPS) is 15.2. The highest BCUT2D eigenvalue weighted by Gasteiger charge is 2.17. The Hall–Kier alpha value is -1.75. The minimum atomic E-state index is -0.890. The Balaban J connectivity index is 2.13. The Kier molecular flexibility index (Phi) is 3.49. The fraction of sp³-hybridized carbons (Fsp3) is 0.417. The Bertz CT molecular complexity index is 415. The molecule has 1 heterocycles. The van der Waals surface area contributed by atoms with Gasteiger partial charge in [-0.25, -0.2) is 0 Å². The first-order chi connectivity index (χ1) is 8.20. The average molecular weight is 238 g/mol. The molecule has 1 aromatic rings. The van der Waals surface area contributed by atoms with E-state index in [4.69, 9.17) is 9.47 Å². The van der Waals surface area contributed by atoms with Crippen molar-refractivity contribution in [2.75, 3.05) is 20.3 Å². The SMILES string of the molecule is COC(=O)C[C@@H](O)c1ccc2c(c1)OCCO2. The third-order valence-electron chi connectivity index (χ3n) is 2.54. The highest BCUT2D eigenvalue weighted by atomic mass is 16.6. The van der Waals surface area contributed by atoms with Gasteiger partial charge in [-0.05, 0) is 17.7 Å². The quantitative estimate of drug-likeness (QED) is 0.797. The van der Waals surface area contributed by atoms with E-state index < -0.39 is 12.1 Å². The van der Waals surface area contributed by atoms with E-state index in [0.29, 0.717) is 30.3 Å². The van der Waals surface area contributed by atoms with Gasteiger partial charge in [-0.2, -0.15) is 0 Å². The fourth-order valence-electron chi connectivity index (χ4n) is 1.63. The van der Waals surface area contributed by atoms with Gasteiger partial charge in [-0.15, -0.1) is 0 Å². The molecule has 92 valence electrons. The zero-order chi connectivity index (χ0) is 12.3. The number of aliphatic hydroxyl groups is 1. The van der Waals surface area contributed by atoms with Crippen molar-refractivity contribution in [3.8, 4) is 11.5 Å². The number of esters is 1. The smallest absolute Gasteiger partial charge is 0.308 e. The van der Waals surface area contributed by atoms with E-state index in [9.17, 15) is 9.90 Å². The molecule has 0 bridgehead atoms. The maximum atomic E-state index is 11.0. The predicted molar refractivity (Wildman–Crippen MR) is 59.0 cm³/mol. The number of carbonyl (C=O) groups excluding carboxylic acids is 1. The second-order valence-corrected chi connectivity index (χ2v) is 3.70. The summed E-state index contributed by atoms with van der Waals surface area (Å²) in [5.41, 5.74) is 0.611. The maximum absolute atomic E-state index is 11.0. The average Bonchev–Trinajstić information content (AvgIpc) is 2.38. The lowest BCUT2D eigenvalue weighted by atomic mass is 10.1. The van der Waals surface area contributed by atoms with Crippen molar-refractivity contribution >= 4 is 5.97 Å². The zero-order valence-corrected chi connectivity index (χ0v) is 9.51. The van der Waals surface area contributed by atoms with Crippen LogP contribution in [0.2, 0.25) is 0 Å². The number of aliphatic hydroxyl groups excluding tert-OH is 1. The molecular weight excluding hydrogens is 224 g/mol. The molecule has 0 saturated heterocycles. The first-order valence-corrected chi connectivity index (χ1v) is 5.35. The number of hydrogen-bond donors (Lipinski definition) is 1. The molecule has 5 heteroatoms. The molecule has 0 radical (unpaired) electrons. The van der Waals surface area contributed by atoms with E-state index in [1.807, 2.05) is 0 Å². The number of carbonyl (C=O) groups is 1. The predicted octanol–water partition coefficient (Wildman–Crippen LogP) is 1.05. The number of hydrogen-bond acceptors (Lipinski definition) is 5. The van der Waals surface area contributed by atoms with Crippen LogP contribution in [-0.2, 0) is 9.53 Å². The molecule has 0 amide bonds. The van der Waals surface area contributed by atoms with E-state index in [1.54, 1.807) is 18.2 Å². The van der Waals surface area contributed by atoms with E-state index in [0.717, 1.165) is 0 Å². The Morgan fingerprint density at radius 2 is 2.12 bits per heavy atom. The summed E-state index contributed by atoms with van der Waals surface area (Å²) in [5.74, 6) is 0.801. The summed E-state index contributed by atoms with van der Waals surface area (Å²) >= 11 is 0. The van der Waals surface area contributed by atoms with E-state index in [2.05, 4.69) is 4.74 Å². The molecule has 1 N–H and O–H groups in total. The Labute approximate surface area is 98.9 Å². The van der Waals surface area contributed by atoms with Crippen LogP contribution in [0.3, 0.4) is 0 Å². The minimum absolute atomic E-state index is 0.0733. The molecule has 1 aliphatic heterocycles. The second-order valence-electron chi connectivity index (χ2n) is 3.70. The summed E-state index contributed by atoms with van der Waals surface area (Å²) in [6, 6.07) is 5.12. The van der Waals surface area contributed by atoms with Gasteiger partial charge in [-0.3, -0.25) is 4.79 Å². The molecule has 0 saturated carbocycles. The maximum Gasteiger partial charge on any atom is 0.308 e. The van der Waals surface area contributed by atoms with Crippen LogP contribution < -0.4 is 9.47 Å². The molecule has 0 aliphatic carbocycles. The van der Waals surface area contributed by atoms with Gasteiger partial charge in [0.1, 0.15) is 13.2 Å². The van der Waals surface area contributed by atoms with Crippen LogP contribution in [0.1, 0.15) is 18.1 Å². The molecule has 0 fully saturated rings. The summed E-state index contributed by atoms with van der Waals surface area (Å²) in [4.78, 5) is 11.0. The number of ether oxygens (including phenoxy) is 3. The summed E-state index contributed by atoms with van der Waals surface area (Å²) in [6.07, 6.45) is -0.964. The van der Waals surface area contributed by atoms with Crippen molar-refractivity contribution in [1.82, 2.24) is 0 Å². The first kappa shape index (κ1) is 11.7. The second kappa shape index (κ2) is 5.05. The number of benzene rings is 1. The Morgan fingerprint density at radius 3 is 2.82 bits per heavy atom. The largest absolute Gasteiger partial charge is 0.486 e. The van der Waals surface area contributed by atoms with Gasteiger partial charge in [0.15, 0.2) is 11.5 Å². The van der Waals surface area contributed by atoms with Gasteiger partial charge in [-0.1, -0.05) is 6.07 Å². The molecule has 5 nitrogen and oxygen atoms in total. The van der Waals surface area contributed by atoms with Crippen LogP contribution in [0.5, 0.6) is 11.5 Å². The van der Waals surface area contributed by atoms with Crippen LogP contribution in [-0.4, -0.2) is 31.4 Å².